The summed E-state index contributed by atoms with van der Waals surface area (Å²) in [5, 5.41) is 3.02. The van der Waals surface area contributed by atoms with Crippen molar-refractivity contribution >= 4 is 5.91 Å². The molecule has 0 aliphatic rings. The maximum Gasteiger partial charge on any atom is 0.225 e. The highest BCUT2D eigenvalue weighted by Crippen LogP contribution is 2.25. The minimum atomic E-state index is -0.414. The summed E-state index contributed by atoms with van der Waals surface area (Å²) in [5.74, 6) is 1.54. The van der Waals surface area contributed by atoms with Crippen LogP contribution in [-0.2, 0) is 11.2 Å². The number of rotatable bonds is 7. The Balaban J connectivity index is 2.88. The van der Waals surface area contributed by atoms with Gasteiger partial charge in [0.2, 0.25) is 5.91 Å². The summed E-state index contributed by atoms with van der Waals surface area (Å²) in [5.41, 5.74) is 6.17. The van der Waals surface area contributed by atoms with Crippen molar-refractivity contribution in [3.63, 3.8) is 0 Å². The van der Waals surface area contributed by atoms with Crippen LogP contribution in [0.15, 0.2) is 18.2 Å². The molecule has 118 valence electrons. The summed E-state index contributed by atoms with van der Waals surface area (Å²) < 4.78 is 10.5. The highest BCUT2D eigenvalue weighted by Gasteiger charge is 2.28. The number of nitrogens with two attached hydrogens (primary N) is 1. The van der Waals surface area contributed by atoms with E-state index in [2.05, 4.69) is 5.32 Å². The Kier molecular flexibility index (Phi) is 6.03. The maximum absolute atomic E-state index is 12.3. The van der Waals surface area contributed by atoms with E-state index in [9.17, 15) is 4.79 Å². The molecule has 0 heterocycles. The Hall–Kier alpha value is -1.75. The molecule has 1 amide bonds. The number of carbonyl (C=O) groups is 1. The third kappa shape index (κ3) is 4.36. The predicted octanol–water partition coefficient (Wildman–Crippen LogP) is 1.74. The molecule has 0 saturated carbocycles. The molecule has 5 heteroatoms. The minimum Gasteiger partial charge on any atom is -0.497 e. The van der Waals surface area contributed by atoms with Crippen molar-refractivity contribution in [2.45, 2.75) is 32.7 Å². The zero-order chi connectivity index (χ0) is 16.0. The molecule has 1 aromatic rings. The van der Waals surface area contributed by atoms with E-state index >= 15 is 0 Å². The average molecular weight is 294 g/mol. The van der Waals surface area contributed by atoms with Crippen LogP contribution in [0.5, 0.6) is 11.5 Å². The zero-order valence-corrected chi connectivity index (χ0v) is 13.5. The molecule has 1 rings (SSSR count). The number of hydrogen-bond donors (Lipinski definition) is 2. The molecule has 0 aliphatic heterocycles. The summed E-state index contributed by atoms with van der Waals surface area (Å²) in [6.45, 7) is 6.43. The van der Waals surface area contributed by atoms with Gasteiger partial charge in [0.05, 0.1) is 26.2 Å². The van der Waals surface area contributed by atoms with E-state index < -0.39 is 5.54 Å². The van der Waals surface area contributed by atoms with Crippen molar-refractivity contribution in [3.05, 3.63) is 23.8 Å². The normalized spacial score (nSPS) is 13.7. The van der Waals surface area contributed by atoms with E-state index in [1.54, 1.807) is 26.4 Å². The summed E-state index contributed by atoms with van der Waals surface area (Å²) in [6, 6.07) is 5.41. The van der Waals surface area contributed by atoms with Gasteiger partial charge in [-0.05, 0) is 31.0 Å². The lowest BCUT2D eigenvalue weighted by Gasteiger charge is -2.33. The van der Waals surface area contributed by atoms with Gasteiger partial charge in [0.15, 0.2) is 0 Å². The van der Waals surface area contributed by atoms with Gasteiger partial charge < -0.3 is 20.5 Å². The SMILES string of the molecule is COc1ccc(OC)c(CC(=O)NC(C)(CN)C(C)C)c1. The summed E-state index contributed by atoms with van der Waals surface area (Å²) >= 11 is 0. The number of ether oxygens (including phenoxy) is 2. The van der Waals surface area contributed by atoms with Gasteiger partial charge in [-0.3, -0.25) is 4.79 Å². The predicted molar refractivity (Wildman–Crippen MR) is 83.7 cm³/mol. The highest BCUT2D eigenvalue weighted by molar-refractivity contribution is 5.80. The largest absolute Gasteiger partial charge is 0.497 e. The van der Waals surface area contributed by atoms with Gasteiger partial charge in [-0.15, -0.1) is 0 Å². The summed E-state index contributed by atoms with van der Waals surface area (Å²) in [6.07, 6.45) is 0.225. The number of carbonyl (C=O) groups excluding carboxylic acids is 1. The molecule has 0 aromatic heterocycles. The topological polar surface area (TPSA) is 73.6 Å². The van der Waals surface area contributed by atoms with Crippen LogP contribution < -0.4 is 20.5 Å². The molecule has 1 atom stereocenters. The van der Waals surface area contributed by atoms with Gasteiger partial charge in [-0.25, -0.2) is 0 Å². The van der Waals surface area contributed by atoms with E-state index in [0.717, 1.165) is 5.56 Å². The number of nitrogens with one attached hydrogen (secondary N) is 1. The van der Waals surface area contributed by atoms with Crippen molar-refractivity contribution in [2.24, 2.45) is 11.7 Å². The van der Waals surface area contributed by atoms with Crippen molar-refractivity contribution in [1.82, 2.24) is 5.32 Å². The number of methoxy groups -OCH3 is 2. The first kappa shape index (κ1) is 17.3. The molecule has 0 radical (unpaired) electrons. The molecule has 0 saturated heterocycles. The smallest absolute Gasteiger partial charge is 0.225 e. The van der Waals surface area contributed by atoms with Crippen LogP contribution in [0.4, 0.5) is 0 Å². The lowest BCUT2D eigenvalue weighted by molar-refractivity contribution is -0.122. The molecule has 5 nitrogen and oxygen atoms in total. The van der Waals surface area contributed by atoms with Gasteiger partial charge in [-0.2, -0.15) is 0 Å². The second-order valence-electron chi connectivity index (χ2n) is 5.68. The average Bonchev–Trinajstić information content (AvgIpc) is 2.46. The minimum absolute atomic E-state index is 0.0804. The lowest BCUT2D eigenvalue weighted by atomic mass is 9.88. The third-order valence-corrected chi connectivity index (χ3v) is 3.96. The Labute approximate surface area is 126 Å². The quantitative estimate of drug-likeness (QED) is 0.803. The first-order valence-corrected chi connectivity index (χ1v) is 7.08. The molecule has 21 heavy (non-hydrogen) atoms. The van der Waals surface area contributed by atoms with E-state index in [-0.39, 0.29) is 18.2 Å². The van der Waals surface area contributed by atoms with Crippen LogP contribution in [-0.4, -0.2) is 32.2 Å². The second kappa shape index (κ2) is 7.31. The fourth-order valence-corrected chi connectivity index (χ4v) is 1.99. The molecule has 1 unspecified atom stereocenters. The van der Waals surface area contributed by atoms with Gasteiger partial charge in [0.25, 0.3) is 0 Å². The van der Waals surface area contributed by atoms with E-state index in [1.165, 1.54) is 0 Å². The first-order chi connectivity index (χ1) is 9.86. The molecule has 3 N–H and O–H groups in total. The fourth-order valence-electron chi connectivity index (χ4n) is 1.99. The Morgan fingerprint density at radius 2 is 2.00 bits per heavy atom. The lowest BCUT2D eigenvalue weighted by Crippen LogP contribution is -2.55. The monoisotopic (exact) mass is 294 g/mol. The van der Waals surface area contributed by atoms with Crippen LogP contribution in [0.25, 0.3) is 0 Å². The third-order valence-electron chi connectivity index (χ3n) is 3.96. The molecule has 1 aromatic carbocycles. The highest BCUT2D eigenvalue weighted by atomic mass is 16.5. The van der Waals surface area contributed by atoms with Gasteiger partial charge in [-0.1, -0.05) is 13.8 Å². The molecular weight excluding hydrogens is 268 g/mol. The van der Waals surface area contributed by atoms with E-state index in [0.29, 0.717) is 18.0 Å². The van der Waals surface area contributed by atoms with Crippen molar-refractivity contribution in [1.29, 1.82) is 0 Å². The molecule has 0 fully saturated rings. The van der Waals surface area contributed by atoms with Crippen LogP contribution in [0.1, 0.15) is 26.3 Å². The second-order valence-corrected chi connectivity index (χ2v) is 5.68. The number of amides is 1. The molecule has 0 spiro atoms. The van der Waals surface area contributed by atoms with Crippen LogP contribution >= 0.6 is 0 Å². The van der Waals surface area contributed by atoms with E-state index in [4.69, 9.17) is 15.2 Å². The Morgan fingerprint density at radius 1 is 1.33 bits per heavy atom. The standard InChI is InChI=1S/C16H26N2O3/c1-11(2)16(3,10-17)18-15(19)9-12-8-13(20-4)6-7-14(12)21-5/h6-8,11H,9-10,17H2,1-5H3,(H,18,19). The molecule has 0 bridgehead atoms. The van der Waals surface area contributed by atoms with Crippen LogP contribution in [0.3, 0.4) is 0 Å². The first-order valence-electron chi connectivity index (χ1n) is 7.08. The van der Waals surface area contributed by atoms with Crippen LogP contribution in [0.2, 0.25) is 0 Å². The Bertz CT molecular complexity index is 488. The van der Waals surface area contributed by atoms with Gasteiger partial charge in [0.1, 0.15) is 11.5 Å². The van der Waals surface area contributed by atoms with Crippen molar-refractivity contribution < 1.29 is 14.3 Å². The van der Waals surface area contributed by atoms with E-state index in [1.807, 2.05) is 26.8 Å². The van der Waals surface area contributed by atoms with Gasteiger partial charge in [0, 0.05) is 12.1 Å². The van der Waals surface area contributed by atoms with Crippen molar-refractivity contribution in [2.75, 3.05) is 20.8 Å². The molecular formula is C16H26N2O3. The van der Waals surface area contributed by atoms with Crippen molar-refractivity contribution in [3.8, 4) is 11.5 Å². The van der Waals surface area contributed by atoms with Gasteiger partial charge >= 0.3 is 0 Å². The number of hydrogen-bond acceptors (Lipinski definition) is 4. The number of benzene rings is 1. The fraction of sp³-hybridized carbons (Fsp3) is 0.562. The molecule has 0 aliphatic carbocycles. The zero-order valence-electron chi connectivity index (χ0n) is 13.5. The van der Waals surface area contributed by atoms with Crippen LogP contribution in [0, 0.1) is 5.92 Å². The summed E-state index contributed by atoms with van der Waals surface area (Å²) in [4.78, 5) is 12.3. The maximum atomic E-state index is 12.3. The summed E-state index contributed by atoms with van der Waals surface area (Å²) in [7, 11) is 3.18. The Morgan fingerprint density at radius 3 is 2.48 bits per heavy atom.